The van der Waals surface area contributed by atoms with E-state index in [0.717, 1.165) is 13.1 Å². The number of hydrogen-bond donors (Lipinski definition) is 2. The molecule has 1 aliphatic heterocycles. The number of amides is 1. The molecule has 1 aromatic carbocycles. The molecule has 1 unspecified atom stereocenters. The predicted octanol–water partition coefficient (Wildman–Crippen LogP) is 0.657. The Balaban J connectivity index is 2.37. The number of piperazine rings is 1. The van der Waals surface area contributed by atoms with Crippen molar-refractivity contribution in [2.45, 2.75) is 13.0 Å². The number of carbonyl (C=O) groups excluding carboxylic acids is 1. The lowest BCUT2D eigenvalue weighted by Gasteiger charge is -2.38. The molecular formula is C13H19N5O3. The van der Waals surface area contributed by atoms with Gasteiger partial charge in [0.25, 0.3) is 5.91 Å². The number of nitrogen functional groups attached to an aromatic ring is 1. The maximum Gasteiger partial charge on any atom is 0.306 e. The molecule has 1 aliphatic rings. The fourth-order valence-electron chi connectivity index (χ4n) is 2.63. The van der Waals surface area contributed by atoms with Crippen LogP contribution in [0.4, 0.5) is 11.4 Å². The van der Waals surface area contributed by atoms with Crippen LogP contribution in [0.5, 0.6) is 0 Å². The number of nitrogens with one attached hydrogen (secondary N) is 1. The number of hydrogen-bond acceptors (Lipinski definition) is 6. The number of benzene rings is 1. The van der Waals surface area contributed by atoms with Gasteiger partial charge in [-0.25, -0.2) is 0 Å². The molecule has 1 aromatic rings. The molecule has 1 atom stereocenters. The van der Waals surface area contributed by atoms with Gasteiger partial charge in [-0.1, -0.05) is 6.07 Å². The molecule has 8 heteroatoms. The molecular weight excluding hydrogens is 274 g/mol. The van der Waals surface area contributed by atoms with Gasteiger partial charge in [-0.3, -0.25) is 20.8 Å². The van der Waals surface area contributed by atoms with Crippen molar-refractivity contribution in [1.29, 1.82) is 0 Å². The molecule has 0 aromatic heterocycles. The van der Waals surface area contributed by atoms with Crippen molar-refractivity contribution in [3.8, 4) is 0 Å². The second kappa shape index (κ2) is 6.06. The number of nitro benzene ring substituents is 1. The summed E-state index contributed by atoms with van der Waals surface area (Å²) in [6, 6.07) is 4.52. The molecule has 3 N–H and O–H groups in total. The molecule has 1 amide bonds. The molecule has 21 heavy (non-hydrogen) atoms. The number of carbonyl (C=O) groups is 1. The van der Waals surface area contributed by atoms with Crippen molar-refractivity contribution < 1.29 is 9.72 Å². The van der Waals surface area contributed by atoms with Gasteiger partial charge in [0, 0.05) is 25.7 Å². The normalized spacial score (nSPS) is 19.4. The zero-order valence-corrected chi connectivity index (χ0v) is 12.1. The SMILES string of the molecule is CC1CN(C)CCN1C(=O)c1cccc(NN)c1[N+](=O)[O-]. The van der Waals surface area contributed by atoms with Crippen molar-refractivity contribution in [1.82, 2.24) is 9.80 Å². The Bertz CT molecular complexity index is 563. The van der Waals surface area contributed by atoms with Crippen LogP contribution in [0.15, 0.2) is 18.2 Å². The zero-order valence-electron chi connectivity index (χ0n) is 12.1. The fourth-order valence-corrected chi connectivity index (χ4v) is 2.63. The van der Waals surface area contributed by atoms with Gasteiger partial charge in [0.1, 0.15) is 11.3 Å². The molecule has 0 aliphatic carbocycles. The lowest BCUT2D eigenvalue weighted by Crippen LogP contribution is -2.52. The molecule has 0 spiro atoms. The Labute approximate surface area is 122 Å². The van der Waals surface area contributed by atoms with E-state index < -0.39 is 4.92 Å². The standard InChI is InChI=1S/C13H19N5O3/c1-9-8-16(2)6-7-17(9)13(19)10-4-3-5-11(15-14)12(10)18(20)21/h3-5,9,15H,6-8,14H2,1-2H3. The van der Waals surface area contributed by atoms with Crippen molar-refractivity contribution in [2.24, 2.45) is 5.84 Å². The Hall–Kier alpha value is -2.19. The molecule has 8 nitrogen and oxygen atoms in total. The number of nitrogens with two attached hydrogens (primary N) is 1. The van der Waals surface area contributed by atoms with Crippen LogP contribution < -0.4 is 11.3 Å². The molecule has 2 rings (SSSR count). The van der Waals surface area contributed by atoms with Gasteiger partial charge in [-0.2, -0.15) is 0 Å². The topological polar surface area (TPSA) is 105 Å². The van der Waals surface area contributed by atoms with Gasteiger partial charge >= 0.3 is 5.69 Å². The molecule has 1 saturated heterocycles. The van der Waals surface area contributed by atoms with E-state index in [1.165, 1.54) is 12.1 Å². The van der Waals surface area contributed by atoms with Crippen LogP contribution in [-0.2, 0) is 0 Å². The third-order valence-corrected chi connectivity index (χ3v) is 3.70. The van der Waals surface area contributed by atoms with Crippen LogP contribution in [0, 0.1) is 10.1 Å². The monoisotopic (exact) mass is 293 g/mol. The first-order valence-corrected chi connectivity index (χ1v) is 6.69. The highest BCUT2D eigenvalue weighted by Gasteiger charge is 2.32. The first-order chi connectivity index (χ1) is 9.95. The molecule has 0 bridgehead atoms. The fraction of sp³-hybridized carbons (Fsp3) is 0.462. The summed E-state index contributed by atoms with van der Waals surface area (Å²) in [6.45, 7) is 3.98. The summed E-state index contributed by atoms with van der Waals surface area (Å²) >= 11 is 0. The Morgan fingerprint density at radius 3 is 2.76 bits per heavy atom. The smallest absolute Gasteiger partial charge is 0.306 e. The van der Waals surface area contributed by atoms with E-state index in [2.05, 4.69) is 10.3 Å². The van der Waals surface area contributed by atoms with Crippen LogP contribution in [-0.4, -0.2) is 53.4 Å². The van der Waals surface area contributed by atoms with Crippen LogP contribution in [0.2, 0.25) is 0 Å². The van der Waals surface area contributed by atoms with Crippen LogP contribution in [0.3, 0.4) is 0 Å². The van der Waals surface area contributed by atoms with Crippen molar-refractivity contribution in [3.63, 3.8) is 0 Å². The highest BCUT2D eigenvalue weighted by molar-refractivity contribution is 6.00. The van der Waals surface area contributed by atoms with Gasteiger partial charge in [-0.05, 0) is 26.1 Å². The predicted molar refractivity (Wildman–Crippen MR) is 78.9 cm³/mol. The molecule has 0 saturated carbocycles. The quantitative estimate of drug-likeness (QED) is 0.482. The average Bonchev–Trinajstić information content (AvgIpc) is 2.45. The number of para-hydroxylation sites is 1. The van der Waals surface area contributed by atoms with Gasteiger partial charge in [-0.15, -0.1) is 0 Å². The highest BCUT2D eigenvalue weighted by Crippen LogP contribution is 2.29. The number of likely N-dealkylation sites (N-methyl/N-ethyl adjacent to an activating group) is 1. The first kappa shape index (κ1) is 15.2. The van der Waals surface area contributed by atoms with E-state index in [-0.39, 0.29) is 28.9 Å². The van der Waals surface area contributed by atoms with E-state index in [4.69, 9.17) is 5.84 Å². The zero-order chi connectivity index (χ0) is 15.6. The maximum absolute atomic E-state index is 12.6. The van der Waals surface area contributed by atoms with Gasteiger partial charge < -0.3 is 15.2 Å². The number of nitro groups is 1. The van der Waals surface area contributed by atoms with Crippen molar-refractivity contribution in [3.05, 3.63) is 33.9 Å². The van der Waals surface area contributed by atoms with Crippen LogP contribution >= 0.6 is 0 Å². The number of anilines is 1. The molecule has 1 fully saturated rings. The largest absolute Gasteiger partial charge is 0.333 e. The Morgan fingerprint density at radius 2 is 2.19 bits per heavy atom. The minimum atomic E-state index is -0.580. The van der Waals surface area contributed by atoms with Gasteiger partial charge in [0.2, 0.25) is 0 Å². The summed E-state index contributed by atoms with van der Waals surface area (Å²) in [5, 5.41) is 11.3. The summed E-state index contributed by atoms with van der Waals surface area (Å²) < 4.78 is 0. The molecule has 1 heterocycles. The Morgan fingerprint density at radius 1 is 1.48 bits per heavy atom. The first-order valence-electron chi connectivity index (χ1n) is 6.69. The maximum atomic E-state index is 12.6. The van der Waals surface area contributed by atoms with Crippen LogP contribution in [0.1, 0.15) is 17.3 Å². The minimum Gasteiger partial charge on any atom is -0.333 e. The van der Waals surface area contributed by atoms with E-state index in [9.17, 15) is 14.9 Å². The number of rotatable bonds is 3. The van der Waals surface area contributed by atoms with Gasteiger partial charge in [0.05, 0.1) is 4.92 Å². The lowest BCUT2D eigenvalue weighted by atomic mass is 10.1. The average molecular weight is 293 g/mol. The lowest BCUT2D eigenvalue weighted by molar-refractivity contribution is -0.384. The van der Waals surface area contributed by atoms with E-state index in [0.29, 0.717) is 6.54 Å². The van der Waals surface area contributed by atoms with E-state index in [1.807, 2.05) is 14.0 Å². The second-order valence-corrected chi connectivity index (χ2v) is 5.21. The summed E-state index contributed by atoms with van der Waals surface area (Å²) in [5.41, 5.74) is 2.19. The summed E-state index contributed by atoms with van der Waals surface area (Å²) in [6.07, 6.45) is 0. The number of hydrazine groups is 1. The molecule has 114 valence electrons. The third kappa shape index (κ3) is 2.96. The van der Waals surface area contributed by atoms with E-state index in [1.54, 1.807) is 11.0 Å². The van der Waals surface area contributed by atoms with E-state index >= 15 is 0 Å². The van der Waals surface area contributed by atoms with Crippen molar-refractivity contribution >= 4 is 17.3 Å². The highest BCUT2D eigenvalue weighted by atomic mass is 16.6. The van der Waals surface area contributed by atoms with Crippen LogP contribution in [0.25, 0.3) is 0 Å². The summed E-state index contributed by atoms with van der Waals surface area (Å²) in [5.74, 6) is 4.96. The number of nitrogens with zero attached hydrogens (tertiary/aromatic N) is 3. The summed E-state index contributed by atoms with van der Waals surface area (Å²) in [4.78, 5) is 27.1. The van der Waals surface area contributed by atoms with Gasteiger partial charge in [0.15, 0.2) is 0 Å². The third-order valence-electron chi connectivity index (χ3n) is 3.70. The summed E-state index contributed by atoms with van der Waals surface area (Å²) in [7, 11) is 1.99. The molecule has 0 radical (unpaired) electrons. The Kier molecular flexibility index (Phi) is 4.39. The second-order valence-electron chi connectivity index (χ2n) is 5.21. The minimum absolute atomic E-state index is 0.00495. The van der Waals surface area contributed by atoms with Crippen molar-refractivity contribution in [2.75, 3.05) is 32.1 Å².